The second-order valence-corrected chi connectivity index (χ2v) is 8.05. The van der Waals surface area contributed by atoms with Crippen LogP contribution in [0.3, 0.4) is 0 Å². The molecule has 0 amide bonds. The van der Waals surface area contributed by atoms with Crippen molar-refractivity contribution in [2.24, 2.45) is 16.3 Å². The van der Waals surface area contributed by atoms with Crippen molar-refractivity contribution in [3.63, 3.8) is 0 Å². The maximum Gasteiger partial charge on any atom is 0.308 e. The highest BCUT2D eigenvalue weighted by molar-refractivity contribution is 14.0. The number of guanidine groups is 1. The number of hydrogen-bond donors (Lipinski definition) is 1. The average molecular weight is 495 g/mol. The van der Waals surface area contributed by atoms with Gasteiger partial charge in [0, 0.05) is 37.7 Å². The molecule has 0 radical (unpaired) electrons. The van der Waals surface area contributed by atoms with Gasteiger partial charge in [-0.2, -0.15) is 0 Å². The van der Waals surface area contributed by atoms with Crippen LogP contribution in [0.2, 0.25) is 0 Å². The summed E-state index contributed by atoms with van der Waals surface area (Å²) in [4.78, 5) is 18.7. The first kappa shape index (κ1) is 24.5. The highest BCUT2D eigenvalue weighted by atomic mass is 127. The Morgan fingerprint density at radius 3 is 2.44 bits per heavy atom. The monoisotopic (exact) mass is 495 g/mol. The van der Waals surface area contributed by atoms with Crippen molar-refractivity contribution in [1.82, 2.24) is 10.2 Å². The third kappa shape index (κ3) is 6.21. The van der Waals surface area contributed by atoms with E-state index in [-0.39, 0.29) is 41.3 Å². The Balaban J connectivity index is 0.00000364. The van der Waals surface area contributed by atoms with Crippen LogP contribution in [0.4, 0.5) is 0 Å². The first-order valence-electron chi connectivity index (χ1n) is 10.2. The molecule has 2 aliphatic rings. The van der Waals surface area contributed by atoms with Crippen molar-refractivity contribution >= 4 is 35.9 Å². The zero-order valence-corrected chi connectivity index (χ0v) is 20.0. The molecule has 1 aliphatic carbocycles. The van der Waals surface area contributed by atoms with Crippen molar-refractivity contribution in [3.05, 3.63) is 0 Å². The fraction of sp³-hybridized carbons (Fsp3) is 0.900. The summed E-state index contributed by atoms with van der Waals surface area (Å²) >= 11 is 0. The second-order valence-electron chi connectivity index (χ2n) is 8.05. The number of nitrogens with one attached hydrogen (secondary N) is 1. The summed E-state index contributed by atoms with van der Waals surface area (Å²) in [5, 5.41) is 3.67. The summed E-state index contributed by atoms with van der Waals surface area (Å²) < 4.78 is 10.9. The fourth-order valence-corrected chi connectivity index (χ4v) is 3.82. The summed E-state index contributed by atoms with van der Waals surface area (Å²) in [6.07, 6.45) is 5.30. The van der Waals surface area contributed by atoms with Crippen molar-refractivity contribution in [1.29, 1.82) is 0 Å². The van der Waals surface area contributed by atoms with Crippen molar-refractivity contribution in [3.8, 4) is 0 Å². The first-order valence-corrected chi connectivity index (χ1v) is 10.2. The minimum Gasteiger partial charge on any atom is -0.469 e. The quantitative estimate of drug-likeness (QED) is 0.193. The van der Waals surface area contributed by atoms with E-state index >= 15 is 0 Å². The molecular formula is C20H38IN3O3. The van der Waals surface area contributed by atoms with Crippen LogP contribution in [0.15, 0.2) is 4.99 Å². The van der Waals surface area contributed by atoms with Crippen LogP contribution in [0.5, 0.6) is 0 Å². The van der Waals surface area contributed by atoms with E-state index in [1.807, 2.05) is 0 Å². The number of likely N-dealkylation sites (tertiary alicyclic amines) is 1. The van der Waals surface area contributed by atoms with Crippen LogP contribution in [0.1, 0.15) is 59.8 Å². The van der Waals surface area contributed by atoms with Gasteiger partial charge in [0.1, 0.15) is 0 Å². The minimum atomic E-state index is -0.0845. The predicted octanol–water partition coefficient (Wildman–Crippen LogP) is 3.44. The van der Waals surface area contributed by atoms with Crippen molar-refractivity contribution in [2.75, 3.05) is 33.4 Å². The lowest BCUT2D eigenvalue weighted by molar-refractivity contribution is -0.146. The lowest BCUT2D eigenvalue weighted by Gasteiger charge is -2.52. The van der Waals surface area contributed by atoms with Gasteiger partial charge in [-0.3, -0.25) is 9.79 Å². The SMILES string of the molecule is CCCCOC1CC(NC(=NCC)N2CCC(C(=O)OC)CC2)C1(C)C.I. The normalized spacial score (nSPS) is 25.4. The Labute approximate surface area is 181 Å². The lowest BCUT2D eigenvalue weighted by atomic mass is 9.64. The Hall–Kier alpha value is -0.570. The molecule has 0 aromatic heterocycles. The van der Waals surface area contributed by atoms with Crippen LogP contribution < -0.4 is 5.32 Å². The summed E-state index contributed by atoms with van der Waals surface area (Å²) in [7, 11) is 1.47. The number of nitrogens with zero attached hydrogens (tertiary/aromatic N) is 2. The Morgan fingerprint density at radius 2 is 1.93 bits per heavy atom. The molecule has 1 saturated heterocycles. The Morgan fingerprint density at radius 1 is 1.26 bits per heavy atom. The van der Waals surface area contributed by atoms with E-state index in [1.54, 1.807) is 0 Å². The van der Waals surface area contributed by atoms with Gasteiger partial charge >= 0.3 is 5.97 Å². The first-order chi connectivity index (χ1) is 12.4. The van der Waals surface area contributed by atoms with Crippen molar-refractivity contribution < 1.29 is 14.3 Å². The number of hydrogen-bond acceptors (Lipinski definition) is 4. The molecule has 27 heavy (non-hydrogen) atoms. The molecule has 0 bridgehead atoms. The van der Waals surface area contributed by atoms with E-state index in [2.05, 4.69) is 37.9 Å². The minimum absolute atomic E-state index is 0. The maximum absolute atomic E-state index is 11.7. The van der Waals surface area contributed by atoms with Gasteiger partial charge in [-0.15, -0.1) is 24.0 Å². The molecule has 1 heterocycles. The second kappa shape index (κ2) is 11.4. The number of ether oxygens (including phenoxy) is 2. The number of aliphatic imine (C=N–C) groups is 1. The lowest BCUT2D eigenvalue weighted by Crippen LogP contribution is -2.64. The molecule has 0 spiro atoms. The largest absolute Gasteiger partial charge is 0.469 e. The van der Waals surface area contributed by atoms with E-state index in [9.17, 15) is 4.79 Å². The highest BCUT2D eigenvalue weighted by Gasteiger charge is 2.49. The number of carbonyl (C=O) groups excluding carboxylic acids is 1. The van der Waals surface area contributed by atoms with Crippen LogP contribution in [0, 0.1) is 11.3 Å². The van der Waals surface area contributed by atoms with E-state index in [0.29, 0.717) is 12.1 Å². The predicted molar refractivity (Wildman–Crippen MR) is 120 cm³/mol. The number of carbonyl (C=O) groups is 1. The van der Waals surface area contributed by atoms with Crippen LogP contribution in [-0.2, 0) is 14.3 Å². The number of halogens is 1. The number of piperidine rings is 1. The smallest absolute Gasteiger partial charge is 0.308 e. The average Bonchev–Trinajstić information content (AvgIpc) is 2.65. The van der Waals surface area contributed by atoms with E-state index < -0.39 is 0 Å². The van der Waals surface area contributed by atoms with Gasteiger partial charge in [-0.05, 0) is 32.6 Å². The highest BCUT2D eigenvalue weighted by Crippen LogP contribution is 2.43. The molecule has 158 valence electrons. The molecule has 1 aliphatic heterocycles. The number of methoxy groups -OCH3 is 1. The molecule has 1 N–H and O–H groups in total. The van der Waals surface area contributed by atoms with Crippen LogP contribution in [-0.4, -0.2) is 62.3 Å². The Bertz CT molecular complexity index is 491. The third-order valence-corrected chi connectivity index (χ3v) is 5.93. The van der Waals surface area contributed by atoms with Crippen LogP contribution >= 0.6 is 24.0 Å². The van der Waals surface area contributed by atoms with Gasteiger partial charge in [-0.25, -0.2) is 0 Å². The topological polar surface area (TPSA) is 63.2 Å². The van der Waals surface area contributed by atoms with Gasteiger partial charge in [0.2, 0.25) is 0 Å². The molecule has 6 nitrogen and oxygen atoms in total. The summed E-state index contributed by atoms with van der Waals surface area (Å²) in [6, 6.07) is 0.373. The fourth-order valence-electron chi connectivity index (χ4n) is 3.82. The molecule has 7 heteroatoms. The molecule has 0 aromatic rings. The number of esters is 1. The standard InChI is InChI=1S/C20H37N3O3.HI/c1-6-8-13-26-17-14-16(20(17,3)4)22-19(21-7-2)23-11-9-15(10-12-23)18(24)25-5;/h15-17H,6-14H2,1-5H3,(H,21,22);1H. The summed E-state index contributed by atoms with van der Waals surface area (Å²) in [5.41, 5.74) is 0.104. The Kier molecular flexibility index (Phi) is 10.4. The van der Waals surface area contributed by atoms with E-state index in [0.717, 1.165) is 57.9 Å². The van der Waals surface area contributed by atoms with Crippen LogP contribution in [0.25, 0.3) is 0 Å². The number of rotatable bonds is 7. The van der Waals surface area contributed by atoms with Crippen molar-refractivity contribution in [2.45, 2.75) is 71.9 Å². The summed E-state index contributed by atoms with van der Waals surface area (Å²) in [6.45, 7) is 12.1. The zero-order chi connectivity index (χ0) is 19.2. The molecular weight excluding hydrogens is 457 g/mol. The number of unbranched alkanes of at least 4 members (excludes halogenated alkanes) is 1. The molecule has 2 unspecified atom stereocenters. The molecule has 2 rings (SSSR count). The molecule has 2 fully saturated rings. The molecule has 0 aromatic carbocycles. The maximum atomic E-state index is 11.7. The zero-order valence-electron chi connectivity index (χ0n) is 17.6. The van der Waals surface area contributed by atoms with Gasteiger partial charge in [0.15, 0.2) is 5.96 Å². The van der Waals surface area contributed by atoms with Gasteiger partial charge in [0.05, 0.1) is 19.1 Å². The summed E-state index contributed by atoms with van der Waals surface area (Å²) in [5.74, 6) is 0.912. The van der Waals surface area contributed by atoms with Gasteiger partial charge < -0.3 is 19.7 Å². The molecule has 2 atom stereocenters. The van der Waals surface area contributed by atoms with Gasteiger partial charge in [0.25, 0.3) is 0 Å². The van der Waals surface area contributed by atoms with Gasteiger partial charge in [-0.1, -0.05) is 27.2 Å². The molecule has 1 saturated carbocycles. The third-order valence-electron chi connectivity index (χ3n) is 5.93. The van der Waals surface area contributed by atoms with E-state index in [4.69, 9.17) is 14.5 Å². The van der Waals surface area contributed by atoms with E-state index in [1.165, 1.54) is 13.5 Å².